The van der Waals surface area contributed by atoms with Crippen LogP contribution in [0.5, 0.6) is 11.5 Å². The van der Waals surface area contributed by atoms with Gasteiger partial charge in [-0.2, -0.15) is 0 Å². The number of hydrogen-bond donors (Lipinski definition) is 1. The van der Waals surface area contributed by atoms with Gasteiger partial charge in [0.05, 0.1) is 13.7 Å². The van der Waals surface area contributed by atoms with Gasteiger partial charge in [-0.25, -0.2) is 0 Å². The van der Waals surface area contributed by atoms with Gasteiger partial charge in [-0.15, -0.1) is 12.4 Å². The van der Waals surface area contributed by atoms with E-state index in [1.807, 2.05) is 0 Å². The van der Waals surface area contributed by atoms with Gasteiger partial charge in [-0.05, 0) is 48.9 Å². The fourth-order valence-electron chi connectivity index (χ4n) is 2.07. The molecule has 1 unspecified atom stereocenters. The summed E-state index contributed by atoms with van der Waals surface area (Å²) in [4.78, 5) is 0. The molecule has 0 saturated carbocycles. The number of ether oxygens (including phenoxy) is 2. The number of rotatable bonds is 8. The van der Waals surface area contributed by atoms with Crippen LogP contribution >= 0.6 is 12.4 Å². The van der Waals surface area contributed by atoms with Crippen molar-refractivity contribution in [2.45, 2.75) is 52.5 Å². The second-order valence-corrected chi connectivity index (χ2v) is 4.85. The third-order valence-electron chi connectivity index (χ3n) is 3.33. The molecule has 0 heterocycles. The Kier molecular flexibility index (Phi) is 9.43. The van der Waals surface area contributed by atoms with E-state index in [0.29, 0.717) is 6.61 Å². The molecule has 0 aliphatic rings. The van der Waals surface area contributed by atoms with E-state index in [-0.39, 0.29) is 18.4 Å². The number of hydrogen-bond acceptors (Lipinski definition) is 3. The van der Waals surface area contributed by atoms with Gasteiger partial charge in [0.2, 0.25) is 0 Å². The molecular formula is C16H28ClNO2. The second kappa shape index (κ2) is 9.89. The average molecular weight is 302 g/mol. The third kappa shape index (κ3) is 5.22. The molecule has 0 radical (unpaired) electrons. The van der Waals surface area contributed by atoms with Crippen LogP contribution in [0.25, 0.3) is 0 Å². The molecule has 20 heavy (non-hydrogen) atoms. The summed E-state index contributed by atoms with van der Waals surface area (Å²) in [5.74, 6) is 1.65. The minimum absolute atomic E-state index is 0. The first-order valence-electron chi connectivity index (χ1n) is 7.24. The number of nitrogens with two attached hydrogens (primary N) is 1. The van der Waals surface area contributed by atoms with E-state index >= 15 is 0 Å². The summed E-state index contributed by atoms with van der Waals surface area (Å²) in [6.07, 6.45) is 3.85. The maximum Gasteiger partial charge on any atom is 0.161 e. The molecule has 1 atom stereocenters. The largest absolute Gasteiger partial charge is 0.493 e. The van der Waals surface area contributed by atoms with Gasteiger partial charge in [0.15, 0.2) is 11.5 Å². The molecular weight excluding hydrogens is 274 g/mol. The minimum atomic E-state index is 0. The zero-order valence-corrected chi connectivity index (χ0v) is 13.9. The highest BCUT2D eigenvalue weighted by atomic mass is 35.5. The molecule has 116 valence electrons. The number of benzene rings is 1. The first-order valence-corrected chi connectivity index (χ1v) is 7.24. The number of methoxy groups -OCH3 is 1. The molecule has 0 spiro atoms. The molecule has 3 nitrogen and oxygen atoms in total. The smallest absolute Gasteiger partial charge is 0.161 e. The summed E-state index contributed by atoms with van der Waals surface area (Å²) < 4.78 is 11.2. The molecule has 0 aromatic heterocycles. The van der Waals surface area contributed by atoms with Crippen molar-refractivity contribution in [3.63, 3.8) is 0 Å². The second-order valence-electron chi connectivity index (χ2n) is 4.85. The van der Waals surface area contributed by atoms with Gasteiger partial charge in [0.25, 0.3) is 0 Å². The van der Waals surface area contributed by atoms with Gasteiger partial charge in [-0.3, -0.25) is 0 Å². The Hall–Kier alpha value is -0.930. The minimum Gasteiger partial charge on any atom is -0.493 e. The van der Waals surface area contributed by atoms with E-state index in [0.717, 1.165) is 37.2 Å². The van der Waals surface area contributed by atoms with Gasteiger partial charge in [0, 0.05) is 6.04 Å². The van der Waals surface area contributed by atoms with Crippen LogP contribution in [0.4, 0.5) is 0 Å². The van der Waals surface area contributed by atoms with Crippen LogP contribution in [0.15, 0.2) is 12.1 Å². The Balaban J connectivity index is 0.00000361. The lowest BCUT2D eigenvalue weighted by atomic mass is 9.97. The van der Waals surface area contributed by atoms with Crippen LogP contribution in [0, 0.1) is 0 Å². The molecule has 2 N–H and O–H groups in total. The van der Waals surface area contributed by atoms with Gasteiger partial charge in [-0.1, -0.05) is 20.8 Å². The van der Waals surface area contributed by atoms with E-state index in [1.165, 1.54) is 11.1 Å². The molecule has 0 fully saturated rings. The first-order chi connectivity index (χ1) is 9.15. The number of halogens is 1. The van der Waals surface area contributed by atoms with Crippen molar-refractivity contribution in [3.05, 3.63) is 23.3 Å². The topological polar surface area (TPSA) is 44.5 Å². The van der Waals surface area contributed by atoms with Crippen LogP contribution in [-0.4, -0.2) is 19.8 Å². The molecule has 1 rings (SSSR count). The Bertz CT molecular complexity index is 396. The zero-order chi connectivity index (χ0) is 14.3. The molecule has 0 aliphatic heterocycles. The highest BCUT2D eigenvalue weighted by Crippen LogP contribution is 2.32. The standard InChI is InChI=1S/C16H27NO2.ClH/c1-5-8-19-16-11-13(9-14(17)7-3)12(6-2)10-15(16)18-4;/h10-11,14H,5-9,17H2,1-4H3;1H. The summed E-state index contributed by atoms with van der Waals surface area (Å²) in [7, 11) is 1.69. The first kappa shape index (κ1) is 19.1. The lowest BCUT2D eigenvalue weighted by molar-refractivity contribution is 0.293. The average Bonchev–Trinajstić information content (AvgIpc) is 2.44. The molecule has 1 aromatic carbocycles. The van der Waals surface area contributed by atoms with Crippen molar-refractivity contribution in [3.8, 4) is 11.5 Å². The third-order valence-corrected chi connectivity index (χ3v) is 3.33. The Morgan fingerprint density at radius 3 is 2.25 bits per heavy atom. The number of aryl methyl sites for hydroxylation is 1. The van der Waals surface area contributed by atoms with Crippen LogP contribution in [-0.2, 0) is 12.8 Å². The summed E-state index contributed by atoms with van der Waals surface area (Å²) in [6.45, 7) is 7.08. The maximum absolute atomic E-state index is 6.08. The molecule has 0 bridgehead atoms. The predicted octanol–water partition coefficient (Wildman–Crippen LogP) is 3.75. The van der Waals surface area contributed by atoms with Crippen molar-refractivity contribution in [2.24, 2.45) is 5.73 Å². The van der Waals surface area contributed by atoms with Gasteiger partial charge >= 0.3 is 0 Å². The van der Waals surface area contributed by atoms with E-state index in [2.05, 4.69) is 32.9 Å². The van der Waals surface area contributed by atoms with Crippen LogP contribution in [0.1, 0.15) is 44.7 Å². The Morgan fingerprint density at radius 1 is 1.10 bits per heavy atom. The molecule has 1 aromatic rings. The molecule has 0 aliphatic carbocycles. The van der Waals surface area contributed by atoms with Crippen LogP contribution < -0.4 is 15.2 Å². The fourth-order valence-corrected chi connectivity index (χ4v) is 2.07. The summed E-state index contributed by atoms with van der Waals surface area (Å²) in [5.41, 5.74) is 8.65. The summed E-state index contributed by atoms with van der Waals surface area (Å²) in [5, 5.41) is 0. The highest BCUT2D eigenvalue weighted by molar-refractivity contribution is 5.85. The summed E-state index contributed by atoms with van der Waals surface area (Å²) in [6, 6.07) is 4.39. The Labute approximate surface area is 129 Å². The summed E-state index contributed by atoms with van der Waals surface area (Å²) >= 11 is 0. The van der Waals surface area contributed by atoms with Crippen molar-refractivity contribution < 1.29 is 9.47 Å². The molecule has 0 saturated heterocycles. The van der Waals surface area contributed by atoms with E-state index in [1.54, 1.807) is 7.11 Å². The van der Waals surface area contributed by atoms with E-state index in [9.17, 15) is 0 Å². The highest BCUT2D eigenvalue weighted by Gasteiger charge is 2.12. The Morgan fingerprint density at radius 2 is 1.75 bits per heavy atom. The van der Waals surface area contributed by atoms with E-state index < -0.39 is 0 Å². The fraction of sp³-hybridized carbons (Fsp3) is 0.625. The normalized spacial score (nSPS) is 11.7. The predicted molar refractivity (Wildman–Crippen MR) is 87.4 cm³/mol. The molecule has 4 heteroatoms. The van der Waals surface area contributed by atoms with Crippen molar-refractivity contribution in [2.75, 3.05) is 13.7 Å². The lowest BCUT2D eigenvalue weighted by Gasteiger charge is -2.17. The van der Waals surface area contributed by atoms with Crippen molar-refractivity contribution in [1.29, 1.82) is 0 Å². The zero-order valence-electron chi connectivity index (χ0n) is 13.1. The van der Waals surface area contributed by atoms with Crippen LogP contribution in [0.2, 0.25) is 0 Å². The lowest BCUT2D eigenvalue weighted by Crippen LogP contribution is -2.22. The van der Waals surface area contributed by atoms with Crippen LogP contribution in [0.3, 0.4) is 0 Å². The monoisotopic (exact) mass is 301 g/mol. The van der Waals surface area contributed by atoms with Crippen molar-refractivity contribution in [1.82, 2.24) is 0 Å². The quantitative estimate of drug-likeness (QED) is 0.795. The van der Waals surface area contributed by atoms with E-state index in [4.69, 9.17) is 15.2 Å². The molecule has 0 amide bonds. The van der Waals surface area contributed by atoms with Gasteiger partial charge < -0.3 is 15.2 Å². The SMILES string of the molecule is CCCOc1cc(CC(N)CC)c(CC)cc1OC.Cl. The van der Waals surface area contributed by atoms with Crippen molar-refractivity contribution >= 4 is 12.4 Å². The van der Waals surface area contributed by atoms with Gasteiger partial charge in [0.1, 0.15) is 0 Å². The maximum atomic E-state index is 6.08.